The van der Waals surface area contributed by atoms with Crippen molar-refractivity contribution in [3.8, 4) is 0 Å². The lowest BCUT2D eigenvalue weighted by Gasteiger charge is -2.44. The van der Waals surface area contributed by atoms with Crippen LogP contribution in [-0.2, 0) is 39.1 Å². The highest BCUT2D eigenvalue weighted by Crippen LogP contribution is 2.40. The summed E-state index contributed by atoms with van der Waals surface area (Å²) < 4.78 is 12.1. The molecular weight excluding hydrogens is 466 g/mol. The monoisotopic (exact) mass is 507 g/mol. The lowest BCUT2D eigenvalue weighted by molar-refractivity contribution is -0.151. The molecule has 0 aliphatic carbocycles. The first-order chi connectivity index (χ1) is 17.8. The number of aromatic nitrogens is 1. The minimum Gasteiger partial charge on any atom is -0.480 e. The van der Waals surface area contributed by atoms with E-state index in [0.29, 0.717) is 32.3 Å². The van der Waals surface area contributed by atoms with Crippen molar-refractivity contribution in [2.24, 2.45) is 0 Å². The number of anilines is 1. The van der Waals surface area contributed by atoms with Gasteiger partial charge in [0.25, 0.3) is 0 Å². The first-order valence-corrected chi connectivity index (χ1v) is 13.9. The molecule has 0 saturated carbocycles. The van der Waals surface area contributed by atoms with E-state index in [2.05, 4.69) is 30.4 Å². The van der Waals surface area contributed by atoms with E-state index in [1.807, 2.05) is 30.9 Å². The Labute approximate surface area is 220 Å². The van der Waals surface area contributed by atoms with Crippen LogP contribution in [0.2, 0.25) is 0 Å². The molecule has 0 radical (unpaired) electrons. The highest BCUT2D eigenvalue weighted by molar-refractivity contribution is 5.77. The van der Waals surface area contributed by atoms with Crippen LogP contribution in [0.5, 0.6) is 0 Å². The van der Waals surface area contributed by atoms with Crippen molar-refractivity contribution in [1.29, 1.82) is 0 Å². The number of likely N-dealkylation sites (tertiary alicyclic amines) is 1. The topological polar surface area (TPSA) is 83.9 Å². The number of nitrogens with zero attached hydrogens (tertiary/aromatic N) is 2. The molecular formula is C30H41N3O4. The standard InChI is InChI=1S/C30H41N3O4/c1-20-11-12-22-13-14-23(32-28(22)31-20)9-5-4-6-16-36-24-18-33(19-24)27(29(34)35)25-10-7-8-21-15-17-37-30(2,3)26(21)25/h7-8,10,13-14,20,24,27H,4-6,9,11-12,15-19H2,1-3H3,(H,31,32)(H,34,35). The van der Waals surface area contributed by atoms with Gasteiger partial charge in [0.1, 0.15) is 11.9 Å². The van der Waals surface area contributed by atoms with Gasteiger partial charge in [-0.25, -0.2) is 4.98 Å². The summed E-state index contributed by atoms with van der Waals surface area (Å²) in [6, 6.07) is 10.3. The van der Waals surface area contributed by atoms with E-state index in [9.17, 15) is 9.90 Å². The summed E-state index contributed by atoms with van der Waals surface area (Å²) in [5, 5.41) is 13.6. The van der Waals surface area contributed by atoms with Crippen molar-refractivity contribution in [2.75, 3.05) is 31.6 Å². The molecule has 2 aromatic rings. The van der Waals surface area contributed by atoms with Crippen molar-refractivity contribution in [1.82, 2.24) is 9.88 Å². The second-order valence-electron chi connectivity index (χ2n) is 11.4. The molecule has 1 aromatic carbocycles. The molecule has 3 aliphatic heterocycles. The van der Waals surface area contributed by atoms with E-state index in [0.717, 1.165) is 61.2 Å². The van der Waals surface area contributed by atoms with E-state index in [1.165, 1.54) is 17.5 Å². The zero-order valence-electron chi connectivity index (χ0n) is 22.5. The number of unbranched alkanes of at least 4 members (excludes halogenated alkanes) is 2. The number of ether oxygens (including phenoxy) is 2. The fourth-order valence-corrected chi connectivity index (χ4v) is 6.06. The second kappa shape index (κ2) is 11.1. The predicted octanol–water partition coefficient (Wildman–Crippen LogP) is 4.88. The molecule has 7 nitrogen and oxygen atoms in total. The van der Waals surface area contributed by atoms with Crippen LogP contribution in [0, 0.1) is 0 Å². The molecule has 0 spiro atoms. The van der Waals surface area contributed by atoms with E-state index < -0.39 is 17.6 Å². The molecule has 4 heterocycles. The molecule has 7 heteroatoms. The number of benzene rings is 1. The Balaban J connectivity index is 1.06. The largest absolute Gasteiger partial charge is 0.480 e. The average molecular weight is 508 g/mol. The number of carbonyl (C=O) groups is 1. The molecule has 0 amide bonds. The number of hydrogen-bond donors (Lipinski definition) is 2. The van der Waals surface area contributed by atoms with Crippen LogP contribution in [0.15, 0.2) is 30.3 Å². The number of hydrogen-bond acceptors (Lipinski definition) is 6. The maximum atomic E-state index is 12.3. The summed E-state index contributed by atoms with van der Waals surface area (Å²) in [6.07, 6.45) is 7.40. The van der Waals surface area contributed by atoms with Crippen molar-refractivity contribution in [3.63, 3.8) is 0 Å². The summed E-state index contributed by atoms with van der Waals surface area (Å²) in [4.78, 5) is 19.2. The Morgan fingerprint density at radius 3 is 2.84 bits per heavy atom. The number of aryl methyl sites for hydroxylation is 2. The molecule has 1 saturated heterocycles. The van der Waals surface area contributed by atoms with Crippen LogP contribution in [0.1, 0.15) is 80.4 Å². The number of pyridine rings is 1. The van der Waals surface area contributed by atoms with Gasteiger partial charge in [0.05, 0.1) is 18.3 Å². The lowest BCUT2D eigenvalue weighted by atomic mass is 9.82. The summed E-state index contributed by atoms with van der Waals surface area (Å²) in [5.74, 6) is 0.259. The minimum absolute atomic E-state index is 0.0982. The van der Waals surface area contributed by atoms with Crippen LogP contribution >= 0.6 is 0 Å². The maximum Gasteiger partial charge on any atom is 0.325 e. The molecule has 3 aliphatic rings. The highest BCUT2D eigenvalue weighted by atomic mass is 16.5. The summed E-state index contributed by atoms with van der Waals surface area (Å²) >= 11 is 0. The molecule has 2 unspecified atom stereocenters. The zero-order valence-corrected chi connectivity index (χ0v) is 22.5. The van der Waals surface area contributed by atoms with E-state index in [4.69, 9.17) is 14.5 Å². The van der Waals surface area contributed by atoms with E-state index in [1.54, 1.807) is 0 Å². The van der Waals surface area contributed by atoms with Crippen molar-refractivity contribution in [3.05, 3.63) is 58.3 Å². The van der Waals surface area contributed by atoms with Gasteiger partial charge in [-0.2, -0.15) is 0 Å². The summed E-state index contributed by atoms with van der Waals surface area (Å²) in [7, 11) is 0. The smallest absolute Gasteiger partial charge is 0.325 e. The fourth-order valence-electron chi connectivity index (χ4n) is 6.06. The van der Waals surface area contributed by atoms with Gasteiger partial charge in [-0.05, 0) is 87.6 Å². The van der Waals surface area contributed by atoms with Gasteiger partial charge in [0.2, 0.25) is 0 Å². The Hall–Kier alpha value is -2.48. The second-order valence-corrected chi connectivity index (χ2v) is 11.4. The SMILES string of the molecule is CC1CCc2ccc(CCCCCOC3CN(C(C(=O)O)c4cccc5c4C(C)(C)OCC5)C3)nc2N1. The van der Waals surface area contributed by atoms with Gasteiger partial charge in [-0.15, -0.1) is 0 Å². The Morgan fingerprint density at radius 1 is 1.19 bits per heavy atom. The number of nitrogens with one attached hydrogen (secondary N) is 1. The van der Waals surface area contributed by atoms with Crippen LogP contribution in [0.4, 0.5) is 5.82 Å². The number of aliphatic carboxylic acids is 1. The molecule has 2 N–H and O–H groups in total. The van der Waals surface area contributed by atoms with Gasteiger partial charge in [-0.1, -0.05) is 30.7 Å². The molecule has 37 heavy (non-hydrogen) atoms. The molecule has 0 bridgehead atoms. The molecule has 1 fully saturated rings. The molecule has 5 rings (SSSR count). The Bertz CT molecular complexity index is 1110. The zero-order chi connectivity index (χ0) is 26.0. The van der Waals surface area contributed by atoms with Crippen LogP contribution in [0.25, 0.3) is 0 Å². The molecule has 2 atom stereocenters. The number of carboxylic acid groups (broad SMARTS) is 1. The number of carboxylic acids is 1. The van der Waals surface area contributed by atoms with Crippen LogP contribution < -0.4 is 5.32 Å². The van der Waals surface area contributed by atoms with Crippen molar-refractivity contribution >= 4 is 11.8 Å². The third-order valence-electron chi connectivity index (χ3n) is 8.09. The number of fused-ring (bicyclic) bond motifs is 2. The molecule has 1 aromatic heterocycles. The fraction of sp³-hybridized carbons (Fsp3) is 0.600. The third-order valence-corrected chi connectivity index (χ3v) is 8.09. The van der Waals surface area contributed by atoms with E-state index in [-0.39, 0.29) is 6.10 Å². The van der Waals surface area contributed by atoms with Gasteiger partial charge in [0, 0.05) is 31.4 Å². The summed E-state index contributed by atoms with van der Waals surface area (Å²) in [5.41, 5.74) is 5.10. The third kappa shape index (κ3) is 5.84. The normalized spacial score (nSPS) is 21.9. The van der Waals surface area contributed by atoms with Crippen molar-refractivity contribution < 1.29 is 19.4 Å². The number of rotatable bonds is 10. The first kappa shape index (κ1) is 26.1. The Kier molecular flexibility index (Phi) is 7.84. The van der Waals surface area contributed by atoms with Gasteiger partial charge in [0.15, 0.2) is 0 Å². The maximum absolute atomic E-state index is 12.3. The quantitative estimate of drug-likeness (QED) is 0.444. The lowest BCUT2D eigenvalue weighted by Crippen LogP contribution is -2.55. The minimum atomic E-state index is -0.811. The predicted molar refractivity (Wildman–Crippen MR) is 144 cm³/mol. The highest BCUT2D eigenvalue weighted by Gasteiger charge is 2.41. The average Bonchev–Trinajstić information content (AvgIpc) is 2.83. The Morgan fingerprint density at radius 2 is 2.03 bits per heavy atom. The van der Waals surface area contributed by atoms with Gasteiger partial charge in [-0.3, -0.25) is 9.69 Å². The van der Waals surface area contributed by atoms with Gasteiger partial charge < -0.3 is 19.9 Å². The van der Waals surface area contributed by atoms with Crippen molar-refractivity contribution in [2.45, 2.75) is 89.5 Å². The molecule has 200 valence electrons. The van der Waals surface area contributed by atoms with Crippen LogP contribution in [0.3, 0.4) is 0 Å². The summed E-state index contributed by atoms with van der Waals surface area (Å²) in [6.45, 7) is 8.96. The first-order valence-electron chi connectivity index (χ1n) is 13.9. The van der Waals surface area contributed by atoms with E-state index >= 15 is 0 Å². The van der Waals surface area contributed by atoms with Gasteiger partial charge >= 0.3 is 5.97 Å². The van der Waals surface area contributed by atoms with Crippen LogP contribution in [-0.4, -0.2) is 59.4 Å².